The Balaban J connectivity index is 2.62. The summed E-state index contributed by atoms with van der Waals surface area (Å²) in [6.45, 7) is 13.7. The fourth-order valence-electron chi connectivity index (χ4n) is 2.73. The number of nitrogens with zero attached hydrogens (tertiary/aromatic N) is 1. The summed E-state index contributed by atoms with van der Waals surface area (Å²) in [4.78, 5) is 2.35. The first-order valence-corrected chi connectivity index (χ1v) is 9.52. The van der Waals surface area contributed by atoms with E-state index in [4.69, 9.17) is 14.2 Å². The van der Waals surface area contributed by atoms with Gasteiger partial charge in [-0.25, -0.2) is 0 Å². The molecule has 0 heterocycles. The van der Waals surface area contributed by atoms with E-state index >= 15 is 0 Å². The molecule has 0 bridgehead atoms. The fourth-order valence-corrected chi connectivity index (χ4v) is 2.73. The van der Waals surface area contributed by atoms with E-state index in [1.54, 1.807) is 7.11 Å². The molecule has 5 heteroatoms. The molecule has 0 radical (unpaired) electrons. The number of aliphatic hydroxyl groups is 1. The first-order valence-electron chi connectivity index (χ1n) is 9.52. The number of hydrogen-bond acceptors (Lipinski definition) is 5. The molecule has 5 nitrogen and oxygen atoms in total. The molecule has 0 unspecified atom stereocenters. The lowest BCUT2D eigenvalue weighted by Crippen LogP contribution is -2.35. The molecule has 1 N–H and O–H groups in total. The van der Waals surface area contributed by atoms with Crippen LogP contribution in [0.1, 0.15) is 38.8 Å². The Labute approximate surface area is 159 Å². The first kappa shape index (κ1) is 22.9. The minimum atomic E-state index is 0.0690. The molecule has 0 saturated carbocycles. The maximum Gasteiger partial charge on any atom is 0.0701 e. The summed E-state index contributed by atoms with van der Waals surface area (Å²) in [6, 6.07) is 6.38. The first-order chi connectivity index (χ1) is 12.4. The normalized spacial score (nSPS) is 11.8. The van der Waals surface area contributed by atoms with E-state index in [0.717, 1.165) is 30.8 Å². The van der Waals surface area contributed by atoms with Crippen molar-refractivity contribution in [1.29, 1.82) is 0 Å². The maximum atomic E-state index is 9.57. The van der Waals surface area contributed by atoms with Gasteiger partial charge >= 0.3 is 0 Å². The van der Waals surface area contributed by atoms with Crippen LogP contribution < -0.4 is 4.90 Å². The second kappa shape index (κ2) is 12.3. The van der Waals surface area contributed by atoms with E-state index in [1.165, 1.54) is 5.56 Å². The highest BCUT2D eigenvalue weighted by Crippen LogP contribution is 2.24. The van der Waals surface area contributed by atoms with Crippen molar-refractivity contribution < 1.29 is 19.3 Å². The van der Waals surface area contributed by atoms with Crippen molar-refractivity contribution in [3.63, 3.8) is 0 Å². The minimum Gasteiger partial charge on any atom is -0.392 e. The highest BCUT2D eigenvalue weighted by Gasteiger charge is 2.17. The van der Waals surface area contributed by atoms with E-state index in [1.807, 2.05) is 0 Å². The quantitative estimate of drug-likeness (QED) is 0.542. The number of rotatable bonds is 13. The van der Waals surface area contributed by atoms with Crippen LogP contribution in [0.2, 0.25) is 0 Å². The molecule has 1 rings (SSSR count). The molecule has 26 heavy (non-hydrogen) atoms. The average molecular weight is 368 g/mol. The molecular formula is C21H37NO4. The molecule has 0 aromatic heterocycles. The predicted molar refractivity (Wildman–Crippen MR) is 107 cm³/mol. The van der Waals surface area contributed by atoms with Gasteiger partial charge in [0.05, 0.1) is 39.6 Å². The zero-order chi connectivity index (χ0) is 19.4. The van der Waals surface area contributed by atoms with Gasteiger partial charge in [-0.1, -0.05) is 33.8 Å². The molecule has 0 aliphatic rings. The monoisotopic (exact) mass is 367 g/mol. The summed E-state index contributed by atoms with van der Waals surface area (Å²) in [5, 5.41) is 9.57. The lowest BCUT2D eigenvalue weighted by Gasteiger charge is -2.32. The van der Waals surface area contributed by atoms with Crippen LogP contribution in [0, 0.1) is 5.41 Å². The van der Waals surface area contributed by atoms with E-state index in [9.17, 15) is 5.11 Å². The van der Waals surface area contributed by atoms with Crippen molar-refractivity contribution in [3.8, 4) is 0 Å². The molecule has 0 fully saturated rings. The van der Waals surface area contributed by atoms with Gasteiger partial charge in [0, 0.05) is 25.9 Å². The van der Waals surface area contributed by atoms with E-state index in [-0.39, 0.29) is 12.0 Å². The Hall–Kier alpha value is -1.14. The molecule has 0 saturated heterocycles. The zero-order valence-electron chi connectivity index (χ0n) is 17.2. The average Bonchev–Trinajstić information content (AvgIpc) is 2.61. The second-order valence-corrected chi connectivity index (χ2v) is 7.72. The smallest absolute Gasteiger partial charge is 0.0701 e. The standard InChI is InChI=1S/C21H37NO4/c1-6-18-13-19(16-23)15-20(14-18)22(17-21(2,3)4)7-8-25-11-12-26-10-9-24-5/h13-15,23H,6-12,16-17H2,1-5H3. The molecule has 1 aromatic rings. The number of aryl methyl sites for hydroxylation is 1. The van der Waals surface area contributed by atoms with Crippen LogP contribution in [0.5, 0.6) is 0 Å². The number of aliphatic hydroxyl groups excluding tert-OH is 1. The molecule has 0 amide bonds. The maximum absolute atomic E-state index is 9.57. The number of benzene rings is 1. The Morgan fingerprint density at radius 2 is 1.54 bits per heavy atom. The largest absolute Gasteiger partial charge is 0.392 e. The number of hydrogen-bond donors (Lipinski definition) is 1. The van der Waals surface area contributed by atoms with E-state index < -0.39 is 0 Å². The SMILES string of the molecule is CCc1cc(CO)cc(N(CCOCCOCCOC)CC(C)(C)C)c1. The lowest BCUT2D eigenvalue weighted by molar-refractivity contribution is 0.0263. The van der Waals surface area contributed by atoms with Gasteiger partial charge in [0.2, 0.25) is 0 Å². The van der Waals surface area contributed by atoms with Gasteiger partial charge in [0.25, 0.3) is 0 Å². The zero-order valence-corrected chi connectivity index (χ0v) is 17.2. The van der Waals surface area contributed by atoms with Crippen molar-refractivity contribution >= 4 is 5.69 Å². The second-order valence-electron chi connectivity index (χ2n) is 7.72. The number of anilines is 1. The van der Waals surface area contributed by atoms with Crippen molar-refractivity contribution in [2.24, 2.45) is 5.41 Å². The van der Waals surface area contributed by atoms with Crippen molar-refractivity contribution in [3.05, 3.63) is 29.3 Å². The highest BCUT2D eigenvalue weighted by molar-refractivity contribution is 5.51. The van der Waals surface area contributed by atoms with Crippen molar-refractivity contribution in [2.45, 2.75) is 40.7 Å². The summed E-state index contributed by atoms with van der Waals surface area (Å²) in [5.74, 6) is 0. The Kier molecular flexibility index (Phi) is 10.8. The minimum absolute atomic E-state index is 0.0690. The van der Waals surface area contributed by atoms with Gasteiger partial charge in [0.15, 0.2) is 0 Å². The third-order valence-corrected chi connectivity index (χ3v) is 3.97. The van der Waals surface area contributed by atoms with E-state index in [0.29, 0.717) is 33.0 Å². The van der Waals surface area contributed by atoms with Crippen LogP contribution >= 0.6 is 0 Å². The van der Waals surface area contributed by atoms with Crippen LogP contribution in [0.15, 0.2) is 18.2 Å². The third kappa shape index (κ3) is 9.53. The van der Waals surface area contributed by atoms with Crippen LogP contribution in [0.4, 0.5) is 5.69 Å². The van der Waals surface area contributed by atoms with Gasteiger partial charge in [-0.2, -0.15) is 0 Å². The van der Waals surface area contributed by atoms with Crippen LogP contribution in [-0.2, 0) is 27.2 Å². The molecule has 1 aromatic carbocycles. The van der Waals surface area contributed by atoms with Crippen LogP contribution in [-0.4, -0.2) is 58.3 Å². The molecule has 0 spiro atoms. The van der Waals surface area contributed by atoms with Gasteiger partial charge < -0.3 is 24.2 Å². The number of methoxy groups -OCH3 is 1. The lowest BCUT2D eigenvalue weighted by atomic mass is 9.95. The van der Waals surface area contributed by atoms with Crippen LogP contribution in [0.3, 0.4) is 0 Å². The molecule has 0 aliphatic carbocycles. The van der Waals surface area contributed by atoms with Gasteiger partial charge in [0.1, 0.15) is 0 Å². The molecular weight excluding hydrogens is 330 g/mol. The highest BCUT2D eigenvalue weighted by atomic mass is 16.5. The molecule has 0 aliphatic heterocycles. The Morgan fingerprint density at radius 1 is 0.923 bits per heavy atom. The van der Waals surface area contributed by atoms with E-state index in [2.05, 4.69) is 50.8 Å². The number of ether oxygens (including phenoxy) is 3. The van der Waals surface area contributed by atoms with Gasteiger partial charge in [-0.3, -0.25) is 0 Å². The van der Waals surface area contributed by atoms with Crippen LogP contribution in [0.25, 0.3) is 0 Å². The summed E-state index contributed by atoms with van der Waals surface area (Å²) in [7, 11) is 1.67. The fraction of sp³-hybridized carbons (Fsp3) is 0.714. The molecule has 0 atom stereocenters. The summed E-state index contributed by atoms with van der Waals surface area (Å²) < 4.78 is 16.1. The summed E-state index contributed by atoms with van der Waals surface area (Å²) in [5.41, 5.74) is 3.54. The molecule has 150 valence electrons. The predicted octanol–water partition coefficient (Wildman–Crippen LogP) is 3.27. The summed E-state index contributed by atoms with van der Waals surface area (Å²) >= 11 is 0. The third-order valence-electron chi connectivity index (χ3n) is 3.97. The van der Waals surface area contributed by atoms with Crippen molar-refractivity contribution in [2.75, 3.05) is 58.1 Å². The van der Waals surface area contributed by atoms with Gasteiger partial charge in [-0.15, -0.1) is 0 Å². The topological polar surface area (TPSA) is 51.2 Å². The van der Waals surface area contributed by atoms with Gasteiger partial charge in [-0.05, 0) is 35.1 Å². The Morgan fingerprint density at radius 3 is 2.12 bits per heavy atom. The summed E-state index contributed by atoms with van der Waals surface area (Å²) in [6.07, 6.45) is 0.958. The van der Waals surface area contributed by atoms with Crippen molar-refractivity contribution in [1.82, 2.24) is 0 Å². The Bertz CT molecular complexity index is 477.